The molecule has 114 valence electrons. The number of nitrogens with one attached hydrogen (secondary N) is 1. The van der Waals surface area contributed by atoms with Crippen LogP contribution in [0, 0.1) is 11.3 Å². The Morgan fingerprint density at radius 1 is 1.43 bits per heavy atom. The molecule has 1 aromatic rings. The van der Waals surface area contributed by atoms with E-state index in [4.69, 9.17) is 16.9 Å². The molecule has 0 spiro atoms. The average molecular weight is 330 g/mol. The Labute approximate surface area is 129 Å². The Balaban J connectivity index is 3.10. The van der Waals surface area contributed by atoms with Crippen LogP contribution in [-0.4, -0.2) is 38.3 Å². The zero-order chi connectivity index (χ0) is 16.0. The topological polar surface area (TPSA) is 90.3 Å². The van der Waals surface area contributed by atoms with E-state index in [2.05, 4.69) is 5.32 Å². The van der Waals surface area contributed by atoms with Gasteiger partial charge >= 0.3 is 0 Å². The number of hydrogen-bond donors (Lipinski definition) is 1. The maximum absolute atomic E-state index is 12.5. The van der Waals surface area contributed by atoms with Gasteiger partial charge in [0.1, 0.15) is 6.07 Å². The fraction of sp³-hybridized carbons (Fsp3) is 0.385. The van der Waals surface area contributed by atoms with E-state index >= 15 is 0 Å². The normalized spacial score (nSPS) is 11.2. The van der Waals surface area contributed by atoms with Crippen LogP contribution in [0.4, 0.5) is 0 Å². The second-order valence-corrected chi connectivity index (χ2v) is 6.48. The van der Waals surface area contributed by atoms with E-state index < -0.39 is 10.0 Å². The molecule has 0 atom stereocenters. The molecule has 0 unspecified atom stereocenters. The zero-order valence-electron chi connectivity index (χ0n) is 11.8. The maximum atomic E-state index is 12.5. The number of carbonyl (C=O) groups excluding carboxylic acids is 1. The van der Waals surface area contributed by atoms with Gasteiger partial charge in [-0.1, -0.05) is 18.5 Å². The molecule has 0 aliphatic carbocycles. The van der Waals surface area contributed by atoms with Gasteiger partial charge in [-0.25, -0.2) is 8.42 Å². The number of amides is 1. The van der Waals surface area contributed by atoms with Crippen LogP contribution in [-0.2, 0) is 14.8 Å². The summed E-state index contributed by atoms with van der Waals surface area (Å²) in [4.78, 5) is 11.5. The fourth-order valence-corrected chi connectivity index (χ4v) is 3.40. The molecule has 0 aromatic heterocycles. The van der Waals surface area contributed by atoms with E-state index in [1.54, 1.807) is 13.8 Å². The van der Waals surface area contributed by atoms with Crippen LogP contribution >= 0.6 is 11.6 Å². The third-order valence-electron chi connectivity index (χ3n) is 2.75. The molecule has 1 amide bonds. The number of sulfonamides is 1. The van der Waals surface area contributed by atoms with Gasteiger partial charge in [-0.3, -0.25) is 4.79 Å². The molecule has 0 radical (unpaired) electrons. The second-order valence-electron chi connectivity index (χ2n) is 4.14. The van der Waals surface area contributed by atoms with E-state index in [1.165, 1.54) is 18.2 Å². The highest BCUT2D eigenvalue weighted by molar-refractivity contribution is 7.89. The number of carbonyl (C=O) groups is 1. The van der Waals surface area contributed by atoms with Crippen LogP contribution in [0.1, 0.15) is 19.4 Å². The lowest BCUT2D eigenvalue weighted by Gasteiger charge is -2.20. The maximum Gasteiger partial charge on any atom is 0.243 e. The van der Waals surface area contributed by atoms with Crippen LogP contribution in [0.5, 0.6) is 0 Å². The standard InChI is InChI=1S/C13H16ClN3O3S/c1-3-16-13(18)9-17(4-2)21(19,20)11-6-5-10(8-15)12(14)7-11/h5-7H,3-4,9H2,1-2H3,(H,16,18). The van der Waals surface area contributed by atoms with Gasteiger partial charge in [-0.2, -0.15) is 9.57 Å². The molecule has 0 saturated heterocycles. The summed E-state index contributed by atoms with van der Waals surface area (Å²) in [5, 5.41) is 11.4. The molecule has 0 aliphatic rings. The van der Waals surface area contributed by atoms with Crippen molar-refractivity contribution in [2.75, 3.05) is 19.6 Å². The highest BCUT2D eigenvalue weighted by Crippen LogP contribution is 2.22. The van der Waals surface area contributed by atoms with E-state index in [0.29, 0.717) is 6.54 Å². The largest absolute Gasteiger partial charge is 0.355 e. The fourth-order valence-electron chi connectivity index (χ4n) is 1.68. The summed E-state index contributed by atoms with van der Waals surface area (Å²) >= 11 is 5.85. The van der Waals surface area contributed by atoms with Crippen molar-refractivity contribution in [2.45, 2.75) is 18.7 Å². The Morgan fingerprint density at radius 3 is 2.57 bits per heavy atom. The lowest BCUT2D eigenvalue weighted by Crippen LogP contribution is -2.40. The molecular formula is C13H16ClN3O3S. The molecule has 1 rings (SSSR count). The Hall–Kier alpha value is -1.62. The zero-order valence-corrected chi connectivity index (χ0v) is 13.3. The van der Waals surface area contributed by atoms with Crippen LogP contribution in [0.2, 0.25) is 5.02 Å². The van der Waals surface area contributed by atoms with Crippen molar-refractivity contribution in [1.29, 1.82) is 5.26 Å². The first-order valence-corrected chi connectivity index (χ1v) is 8.15. The molecule has 0 aliphatic heterocycles. The second kappa shape index (κ2) is 7.41. The van der Waals surface area contributed by atoms with E-state index in [0.717, 1.165) is 4.31 Å². The highest BCUT2D eigenvalue weighted by Gasteiger charge is 2.25. The van der Waals surface area contributed by atoms with Crippen LogP contribution in [0.25, 0.3) is 0 Å². The first-order valence-electron chi connectivity index (χ1n) is 6.33. The summed E-state index contributed by atoms with van der Waals surface area (Å²) < 4.78 is 26.0. The first-order chi connectivity index (χ1) is 9.86. The molecule has 0 bridgehead atoms. The van der Waals surface area contributed by atoms with Crippen LogP contribution in [0.15, 0.2) is 23.1 Å². The summed E-state index contributed by atoms with van der Waals surface area (Å²) in [7, 11) is -3.83. The summed E-state index contributed by atoms with van der Waals surface area (Å²) in [5.41, 5.74) is 0.197. The van der Waals surface area contributed by atoms with Crippen molar-refractivity contribution in [3.05, 3.63) is 28.8 Å². The molecule has 1 aromatic carbocycles. The SMILES string of the molecule is CCNC(=O)CN(CC)S(=O)(=O)c1ccc(C#N)c(Cl)c1. The van der Waals surface area contributed by atoms with Crippen LogP contribution < -0.4 is 5.32 Å². The first kappa shape index (κ1) is 17.4. The smallest absolute Gasteiger partial charge is 0.243 e. The number of benzene rings is 1. The predicted octanol–water partition coefficient (Wildman–Crippen LogP) is 1.36. The van der Waals surface area contributed by atoms with Gasteiger partial charge in [0.05, 0.1) is 22.0 Å². The number of halogens is 1. The van der Waals surface area contributed by atoms with Crippen molar-refractivity contribution in [1.82, 2.24) is 9.62 Å². The van der Waals surface area contributed by atoms with E-state index in [-0.39, 0.29) is 34.5 Å². The Kier molecular flexibility index (Phi) is 6.15. The van der Waals surface area contributed by atoms with Gasteiger partial charge in [-0.15, -0.1) is 0 Å². The van der Waals surface area contributed by atoms with Crippen molar-refractivity contribution >= 4 is 27.5 Å². The summed E-state index contributed by atoms with van der Waals surface area (Å²) in [6, 6.07) is 5.73. The average Bonchev–Trinajstić information content (AvgIpc) is 2.44. The summed E-state index contributed by atoms with van der Waals surface area (Å²) in [6.45, 7) is 3.71. The molecular weight excluding hydrogens is 314 g/mol. The van der Waals surface area contributed by atoms with Gasteiger partial charge in [0.15, 0.2) is 0 Å². The molecule has 8 heteroatoms. The minimum absolute atomic E-state index is 0.0438. The molecule has 6 nitrogen and oxygen atoms in total. The quantitative estimate of drug-likeness (QED) is 0.853. The van der Waals surface area contributed by atoms with Gasteiger partial charge in [-0.05, 0) is 25.1 Å². The third kappa shape index (κ3) is 4.17. The van der Waals surface area contributed by atoms with Gasteiger partial charge in [0, 0.05) is 13.1 Å². The van der Waals surface area contributed by atoms with E-state index in [1.807, 2.05) is 6.07 Å². The molecule has 0 fully saturated rings. The minimum atomic E-state index is -3.83. The van der Waals surface area contributed by atoms with Gasteiger partial charge in [0.25, 0.3) is 0 Å². The number of likely N-dealkylation sites (N-methyl/N-ethyl adjacent to an activating group) is 2. The Morgan fingerprint density at radius 2 is 2.10 bits per heavy atom. The minimum Gasteiger partial charge on any atom is -0.355 e. The van der Waals surface area contributed by atoms with Crippen molar-refractivity contribution < 1.29 is 13.2 Å². The highest BCUT2D eigenvalue weighted by atomic mass is 35.5. The molecule has 0 saturated carbocycles. The van der Waals surface area contributed by atoms with Gasteiger partial charge in [0.2, 0.25) is 15.9 Å². The lowest BCUT2D eigenvalue weighted by atomic mass is 10.2. The molecule has 21 heavy (non-hydrogen) atoms. The molecule has 1 N–H and O–H groups in total. The lowest BCUT2D eigenvalue weighted by molar-refractivity contribution is -0.121. The van der Waals surface area contributed by atoms with Gasteiger partial charge < -0.3 is 5.32 Å². The van der Waals surface area contributed by atoms with Crippen molar-refractivity contribution in [2.24, 2.45) is 0 Å². The van der Waals surface area contributed by atoms with Crippen molar-refractivity contribution in [3.63, 3.8) is 0 Å². The summed E-state index contributed by atoms with van der Waals surface area (Å²) in [6.07, 6.45) is 0. The monoisotopic (exact) mass is 329 g/mol. The van der Waals surface area contributed by atoms with E-state index in [9.17, 15) is 13.2 Å². The number of rotatable bonds is 6. The Bertz CT molecular complexity index is 668. The van der Waals surface area contributed by atoms with Crippen molar-refractivity contribution in [3.8, 4) is 6.07 Å². The molecule has 0 heterocycles. The predicted molar refractivity (Wildman–Crippen MR) is 79.3 cm³/mol. The number of hydrogen-bond acceptors (Lipinski definition) is 4. The summed E-state index contributed by atoms with van der Waals surface area (Å²) in [5.74, 6) is -0.373. The third-order valence-corrected chi connectivity index (χ3v) is 4.97. The van der Waals surface area contributed by atoms with Crippen LogP contribution in [0.3, 0.4) is 0 Å². The number of nitrogens with zero attached hydrogens (tertiary/aromatic N) is 2. The number of nitriles is 1.